The third-order valence-electron chi connectivity index (χ3n) is 3.74. The van der Waals surface area contributed by atoms with Crippen molar-refractivity contribution in [1.82, 2.24) is 9.88 Å². The summed E-state index contributed by atoms with van der Waals surface area (Å²) in [5, 5.41) is 1.05. The zero-order valence-electron chi connectivity index (χ0n) is 12.3. The minimum absolute atomic E-state index is 0.0970. The Morgan fingerprint density at radius 2 is 1.95 bits per heavy atom. The molecule has 21 heavy (non-hydrogen) atoms. The predicted molar refractivity (Wildman–Crippen MR) is 85.9 cm³/mol. The van der Waals surface area contributed by atoms with Crippen LogP contribution in [0.4, 0.5) is 5.82 Å². The van der Waals surface area contributed by atoms with Gasteiger partial charge in [-0.15, -0.1) is 0 Å². The van der Waals surface area contributed by atoms with Crippen LogP contribution in [0.2, 0.25) is 10.0 Å². The standard InChI is InChI=1S/C14H20Cl2N4O/c1-14(2,9-17)13(21)20-5-3-19(4-6-20)12-11(16)7-10(15)8-18-12/h7-8H,3-6,9,17H2,1-2H3. The van der Waals surface area contributed by atoms with E-state index in [1.807, 2.05) is 18.7 Å². The van der Waals surface area contributed by atoms with Gasteiger partial charge in [0.05, 0.1) is 15.5 Å². The van der Waals surface area contributed by atoms with Gasteiger partial charge < -0.3 is 15.5 Å². The van der Waals surface area contributed by atoms with Crippen LogP contribution in [0.5, 0.6) is 0 Å². The molecule has 0 saturated carbocycles. The number of carbonyl (C=O) groups excluding carboxylic acids is 1. The fourth-order valence-corrected chi connectivity index (χ4v) is 2.78. The molecule has 0 unspecified atom stereocenters. The summed E-state index contributed by atoms with van der Waals surface area (Å²) in [6, 6.07) is 1.68. The molecule has 0 aromatic carbocycles. The van der Waals surface area contributed by atoms with E-state index in [1.165, 1.54) is 0 Å². The zero-order chi connectivity index (χ0) is 15.6. The molecule has 0 spiro atoms. The fraction of sp³-hybridized carbons (Fsp3) is 0.571. The van der Waals surface area contributed by atoms with E-state index >= 15 is 0 Å². The molecular formula is C14H20Cl2N4O. The molecule has 1 aromatic rings. The number of halogens is 2. The minimum atomic E-state index is -0.516. The molecule has 0 atom stereocenters. The molecule has 116 valence electrons. The normalized spacial score (nSPS) is 16.2. The topological polar surface area (TPSA) is 62.5 Å². The van der Waals surface area contributed by atoms with Crippen molar-refractivity contribution in [3.8, 4) is 0 Å². The largest absolute Gasteiger partial charge is 0.352 e. The third-order valence-corrected chi connectivity index (χ3v) is 4.23. The molecule has 1 aliphatic rings. The molecule has 0 radical (unpaired) electrons. The molecule has 0 bridgehead atoms. The number of nitrogens with two attached hydrogens (primary N) is 1. The molecule has 1 aromatic heterocycles. The van der Waals surface area contributed by atoms with Crippen LogP contribution in [0.3, 0.4) is 0 Å². The van der Waals surface area contributed by atoms with Crippen LogP contribution in [0, 0.1) is 5.41 Å². The maximum Gasteiger partial charge on any atom is 0.229 e. The number of amides is 1. The Labute approximate surface area is 135 Å². The fourth-order valence-electron chi connectivity index (χ4n) is 2.28. The second-order valence-corrected chi connectivity index (χ2v) is 6.67. The lowest BCUT2D eigenvalue weighted by Gasteiger charge is -2.39. The number of anilines is 1. The molecule has 1 saturated heterocycles. The van der Waals surface area contributed by atoms with Gasteiger partial charge in [-0.3, -0.25) is 4.79 Å². The van der Waals surface area contributed by atoms with Crippen LogP contribution in [-0.2, 0) is 4.79 Å². The summed E-state index contributed by atoms with van der Waals surface area (Å²) in [7, 11) is 0. The van der Waals surface area contributed by atoms with E-state index in [0.29, 0.717) is 48.6 Å². The molecule has 0 aliphatic carbocycles. The van der Waals surface area contributed by atoms with Gasteiger partial charge in [-0.1, -0.05) is 23.2 Å². The molecule has 1 fully saturated rings. The number of rotatable bonds is 3. The Balaban J connectivity index is 2.02. The van der Waals surface area contributed by atoms with Crippen molar-refractivity contribution < 1.29 is 4.79 Å². The van der Waals surface area contributed by atoms with E-state index in [1.54, 1.807) is 12.3 Å². The first-order chi connectivity index (χ1) is 9.85. The quantitative estimate of drug-likeness (QED) is 0.920. The van der Waals surface area contributed by atoms with Crippen molar-refractivity contribution in [3.05, 3.63) is 22.3 Å². The Bertz CT molecular complexity index is 528. The summed E-state index contributed by atoms with van der Waals surface area (Å²) >= 11 is 12.0. The van der Waals surface area contributed by atoms with E-state index in [-0.39, 0.29) is 5.91 Å². The lowest BCUT2D eigenvalue weighted by molar-refractivity contribution is -0.140. The number of nitrogens with zero attached hydrogens (tertiary/aromatic N) is 3. The zero-order valence-corrected chi connectivity index (χ0v) is 13.8. The summed E-state index contributed by atoms with van der Waals surface area (Å²) in [6.07, 6.45) is 1.58. The van der Waals surface area contributed by atoms with Gasteiger partial charge in [0.15, 0.2) is 0 Å². The molecule has 2 heterocycles. The molecule has 2 rings (SSSR count). The Morgan fingerprint density at radius 3 is 2.48 bits per heavy atom. The van der Waals surface area contributed by atoms with E-state index in [9.17, 15) is 4.79 Å². The average Bonchev–Trinajstić information content (AvgIpc) is 2.47. The monoisotopic (exact) mass is 330 g/mol. The average molecular weight is 331 g/mol. The number of carbonyl (C=O) groups is 1. The maximum atomic E-state index is 12.4. The van der Waals surface area contributed by atoms with E-state index in [0.717, 1.165) is 0 Å². The predicted octanol–water partition coefficient (Wildman–Crippen LogP) is 2.02. The van der Waals surface area contributed by atoms with Crippen molar-refractivity contribution in [2.45, 2.75) is 13.8 Å². The lowest BCUT2D eigenvalue weighted by Crippen LogP contribution is -2.53. The van der Waals surface area contributed by atoms with Gasteiger partial charge in [0.2, 0.25) is 5.91 Å². The van der Waals surface area contributed by atoms with Gasteiger partial charge in [0.25, 0.3) is 0 Å². The summed E-state index contributed by atoms with van der Waals surface area (Å²) < 4.78 is 0. The summed E-state index contributed by atoms with van der Waals surface area (Å²) in [4.78, 5) is 20.6. The van der Waals surface area contributed by atoms with E-state index in [2.05, 4.69) is 9.88 Å². The van der Waals surface area contributed by atoms with Crippen molar-refractivity contribution >= 4 is 34.9 Å². The van der Waals surface area contributed by atoms with Crippen LogP contribution in [0.25, 0.3) is 0 Å². The van der Waals surface area contributed by atoms with Crippen LogP contribution >= 0.6 is 23.2 Å². The highest BCUT2D eigenvalue weighted by Gasteiger charge is 2.32. The highest BCUT2D eigenvalue weighted by molar-refractivity contribution is 6.36. The Hall–Kier alpha value is -1.04. The summed E-state index contributed by atoms with van der Waals surface area (Å²) in [6.45, 7) is 6.77. The van der Waals surface area contributed by atoms with Crippen molar-refractivity contribution in [1.29, 1.82) is 0 Å². The van der Waals surface area contributed by atoms with Crippen molar-refractivity contribution in [2.24, 2.45) is 11.1 Å². The maximum absolute atomic E-state index is 12.4. The number of aromatic nitrogens is 1. The lowest BCUT2D eigenvalue weighted by atomic mass is 9.91. The van der Waals surface area contributed by atoms with E-state index in [4.69, 9.17) is 28.9 Å². The smallest absolute Gasteiger partial charge is 0.229 e. The molecule has 1 amide bonds. The number of hydrogen-bond donors (Lipinski definition) is 1. The van der Waals surface area contributed by atoms with Crippen molar-refractivity contribution in [3.63, 3.8) is 0 Å². The Kier molecular flexibility index (Phi) is 4.96. The van der Waals surface area contributed by atoms with Gasteiger partial charge in [0.1, 0.15) is 5.82 Å². The molecular weight excluding hydrogens is 311 g/mol. The van der Waals surface area contributed by atoms with Crippen molar-refractivity contribution in [2.75, 3.05) is 37.6 Å². The van der Waals surface area contributed by atoms with Gasteiger partial charge in [-0.25, -0.2) is 4.98 Å². The molecule has 1 aliphatic heterocycles. The number of piperazine rings is 1. The molecule has 5 nitrogen and oxygen atoms in total. The second-order valence-electron chi connectivity index (χ2n) is 5.83. The first-order valence-corrected chi connectivity index (χ1v) is 7.66. The van der Waals surface area contributed by atoms with Gasteiger partial charge in [-0.2, -0.15) is 0 Å². The first kappa shape index (κ1) is 16.3. The summed E-state index contributed by atoms with van der Waals surface area (Å²) in [5.41, 5.74) is 5.15. The third kappa shape index (κ3) is 3.59. The van der Waals surface area contributed by atoms with Crippen LogP contribution in [0.1, 0.15) is 13.8 Å². The van der Waals surface area contributed by atoms with Gasteiger partial charge >= 0.3 is 0 Å². The van der Waals surface area contributed by atoms with Gasteiger partial charge in [0, 0.05) is 38.9 Å². The van der Waals surface area contributed by atoms with Crippen LogP contribution in [-0.4, -0.2) is 48.5 Å². The van der Waals surface area contributed by atoms with Crippen LogP contribution < -0.4 is 10.6 Å². The number of pyridine rings is 1. The SMILES string of the molecule is CC(C)(CN)C(=O)N1CCN(c2ncc(Cl)cc2Cl)CC1. The molecule has 7 heteroatoms. The highest BCUT2D eigenvalue weighted by Crippen LogP contribution is 2.27. The molecule has 2 N–H and O–H groups in total. The van der Waals surface area contributed by atoms with E-state index < -0.39 is 5.41 Å². The first-order valence-electron chi connectivity index (χ1n) is 6.90. The highest BCUT2D eigenvalue weighted by atomic mass is 35.5. The number of hydrogen-bond acceptors (Lipinski definition) is 4. The van der Waals surface area contributed by atoms with Crippen LogP contribution in [0.15, 0.2) is 12.3 Å². The minimum Gasteiger partial charge on any atom is -0.352 e. The summed E-state index contributed by atoms with van der Waals surface area (Å²) in [5.74, 6) is 0.811. The van der Waals surface area contributed by atoms with Gasteiger partial charge in [-0.05, 0) is 19.9 Å². The Morgan fingerprint density at radius 1 is 1.33 bits per heavy atom. The second kappa shape index (κ2) is 6.38.